The van der Waals surface area contributed by atoms with Gasteiger partial charge in [-0.05, 0) is 31.4 Å². The second-order valence-electron chi connectivity index (χ2n) is 7.44. The molecular weight excluding hydrogens is 358 g/mol. The molecule has 1 aliphatic heterocycles. The third-order valence-electron chi connectivity index (χ3n) is 5.09. The fourth-order valence-corrected chi connectivity index (χ4v) is 3.43. The van der Waals surface area contributed by atoms with Crippen LogP contribution in [0.25, 0.3) is 11.4 Å². The van der Waals surface area contributed by atoms with Crippen LogP contribution < -0.4 is 5.32 Å². The Bertz CT molecular complexity index is 964. The summed E-state index contributed by atoms with van der Waals surface area (Å²) in [6, 6.07) is 3.33. The number of rotatable bonds is 5. The number of amides is 1. The van der Waals surface area contributed by atoms with E-state index in [1.807, 2.05) is 37.5 Å². The zero-order valence-electron chi connectivity index (χ0n) is 16.2. The van der Waals surface area contributed by atoms with Crippen LogP contribution in [-0.2, 0) is 17.8 Å². The summed E-state index contributed by atoms with van der Waals surface area (Å²) >= 11 is 0. The maximum absolute atomic E-state index is 12.9. The monoisotopic (exact) mass is 381 g/mol. The normalized spacial score (nSPS) is 17.4. The van der Waals surface area contributed by atoms with Crippen molar-refractivity contribution in [1.82, 2.24) is 35.2 Å². The summed E-state index contributed by atoms with van der Waals surface area (Å²) < 4.78 is 7.48. The number of carbonyl (C=O) groups excluding carboxylic acids is 1. The number of hydrogen-bond donors (Lipinski definition) is 1. The molecule has 4 heterocycles. The van der Waals surface area contributed by atoms with E-state index in [-0.39, 0.29) is 23.8 Å². The highest BCUT2D eigenvalue weighted by molar-refractivity contribution is 5.79. The number of nitrogens with one attached hydrogen (secondary N) is 1. The van der Waals surface area contributed by atoms with E-state index in [1.165, 1.54) is 0 Å². The molecule has 0 saturated heterocycles. The number of pyridine rings is 1. The molecule has 0 spiro atoms. The molecule has 3 aromatic heterocycles. The van der Waals surface area contributed by atoms with Crippen LogP contribution in [0.5, 0.6) is 0 Å². The van der Waals surface area contributed by atoms with Crippen LogP contribution in [0.2, 0.25) is 0 Å². The smallest absolute Gasteiger partial charge is 0.249 e. The maximum atomic E-state index is 12.9. The van der Waals surface area contributed by atoms with Gasteiger partial charge in [0.25, 0.3) is 0 Å². The summed E-state index contributed by atoms with van der Waals surface area (Å²) in [6.45, 7) is 6.53. The molecule has 1 aliphatic rings. The zero-order chi connectivity index (χ0) is 19.7. The molecule has 2 atom stereocenters. The Morgan fingerprint density at radius 2 is 2.21 bits per heavy atom. The van der Waals surface area contributed by atoms with Gasteiger partial charge in [-0.1, -0.05) is 19.0 Å². The van der Waals surface area contributed by atoms with Gasteiger partial charge in [0.1, 0.15) is 17.7 Å². The van der Waals surface area contributed by atoms with Crippen molar-refractivity contribution in [3.05, 3.63) is 42.1 Å². The van der Waals surface area contributed by atoms with Crippen LogP contribution in [0.3, 0.4) is 0 Å². The van der Waals surface area contributed by atoms with Crippen LogP contribution in [0.4, 0.5) is 0 Å². The van der Waals surface area contributed by atoms with E-state index >= 15 is 0 Å². The molecule has 9 nitrogen and oxygen atoms in total. The molecule has 0 saturated carbocycles. The Balaban J connectivity index is 1.49. The molecule has 146 valence electrons. The van der Waals surface area contributed by atoms with E-state index in [0.29, 0.717) is 18.3 Å². The van der Waals surface area contributed by atoms with E-state index in [1.54, 1.807) is 12.4 Å². The highest BCUT2D eigenvalue weighted by Crippen LogP contribution is 2.26. The molecule has 0 radical (unpaired) electrons. The number of fused-ring (bicyclic) bond motifs is 1. The molecule has 0 aromatic carbocycles. The first-order chi connectivity index (χ1) is 13.5. The van der Waals surface area contributed by atoms with Gasteiger partial charge in [0.2, 0.25) is 17.6 Å². The van der Waals surface area contributed by atoms with E-state index in [9.17, 15) is 4.79 Å². The third kappa shape index (κ3) is 3.51. The van der Waals surface area contributed by atoms with Crippen LogP contribution in [0.15, 0.2) is 29.0 Å². The number of aryl methyl sites for hydroxylation is 2. The van der Waals surface area contributed by atoms with Crippen molar-refractivity contribution in [2.75, 3.05) is 0 Å². The van der Waals surface area contributed by atoms with E-state index < -0.39 is 0 Å². The van der Waals surface area contributed by atoms with Crippen molar-refractivity contribution in [2.24, 2.45) is 11.8 Å². The summed E-state index contributed by atoms with van der Waals surface area (Å²) in [4.78, 5) is 21.5. The predicted molar refractivity (Wildman–Crippen MR) is 99.8 cm³/mol. The molecule has 4 rings (SSSR count). The Morgan fingerprint density at radius 3 is 2.96 bits per heavy atom. The maximum Gasteiger partial charge on any atom is 0.249 e. The zero-order valence-corrected chi connectivity index (χ0v) is 16.2. The highest BCUT2D eigenvalue weighted by atomic mass is 16.5. The Labute approximate surface area is 162 Å². The van der Waals surface area contributed by atoms with E-state index in [0.717, 1.165) is 30.1 Å². The molecule has 9 heteroatoms. The van der Waals surface area contributed by atoms with Crippen molar-refractivity contribution >= 4 is 5.91 Å². The molecule has 3 aromatic rings. The number of aromatic nitrogens is 6. The lowest BCUT2D eigenvalue weighted by molar-refractivity contribution is -0.127. The van der Waals surface area contributed by atoms with Gasteiger partial charge in [0, 0.05) is 30.9 Å². The van der Waals surface area contributed by atoms with Crippen molar-refractivity contribution in [3.63, 3.8) is 0 Å². The highest BCUT2D eigenvalue weighted by Gasteiger charge is 2.31. The van der Waals surface area contributed by atoms with Crippen molar-refractivity contribution in [1.29, 1.82) is 0 Å². The molecule has 28 heavy (non-hydrogen) atoms. The van der Waals surface area contributed by atoms with Gasteiger partial charge in [0.15, 0.2) is 0 Å². The molecular formula is C19H23N7O2. The van der Waals surface area contributed by atoms with Crippen LogP contribution in [0.1, 0.15) is 43.8 Å². The Morgan fingerprint density at radius 1 is 1.36 bits per heavy atom. The van der Waals surface area contributed by atoms with Gasteiger partial charge in [-0.15, -0.1) is 10.2 Å². The first-order valence-electron chi connectivity index (χ1n) is 9.46. The van der Waals surface area contributed by atoms with Crippen molar-refractivity contribution < 1.29 is 9.32 Å². The average molecular weight is 381 g/mol. The van der Waals surface area contributed by atoms with Gasteiger partial charge >= 0.3 is 0 Å². The standard InChI is InChI=1S/C19H23N7O2/c1-11(2)16(19-22-17(25-28-19)13-5-4-8-20-9-13)21-18(27)14-6-7-15-24-23-12(3)26(15)10-14/h4-5,8-9,11,14,16H,6-7,10H2,1-3H3,(H,21,27)/t14-,16-/m1/s1. The topological polar surface area (TPSA) is 112 Å². The van der Waals surface area contributed by atoms with Crippen LogP contribution in [-0.4, -0.2) is 35.8 Å². The Hall–Kier alpha value is -3.10. The SMILES string of the molecule is Cc1nnc2n1C[C@H](C(=O)N[C@@H](c1nc(-c3cccnc3)no1)C(C)C)CC2. The molecule has 0 aliphatic carbocycles. The van der Waals surface area contributed by atoms with E-state index in [4.69, 9.17) is 4.52 Å². The number of hydrogen-bond acceptors (Lipinski definition) is 7. The predicted octanol–water partition coefficient (Wildman–Crippen LogP) is 2.11. The lowest BCUT2D eigenvalue weighted by Gasteiger charge is -2.26. The first kappa shape index (κ1) is 18.3. The number of nitrogens with zero attached hydrogens (tertiary/aromatic N) is 6. The van der Waals surface area contributed by atoms with E-state index in [2.05, 4.69) is 30.6 Å². The summed E-state index contributed by atoms with van der Waals surface area (Å²) in [5.74, 6) is 2.60. The average Bonchev–Trinajstić information content (AvgIpc) is 3.33. The first-order valence-corrected chi connectivity index (χ1v) is 9.46. The third-order valence-corrected chi connectivity index (χ3v) is 5.09. The van der Waals surface area contributed by atoms with Gasteiger partial charge in [-0.2, -0.15) is 4.98 Å². The van der Waals surface area contributed by atoms with Gasteiger partial charge < -0.3 is 14.4 Å². The molecule has 0 fully saturated rings. The fourth-order valence-electron chi connectivity index (χ4n) is 3.43. The minimum Gasteiger partial charge on any atom is -0.344 e. The molecule has 1 amide bonds. The van der Waals surface area contributed by atoms with Gasteiger partial charge in [-0.25, -0.2) is 0 Å². The van der Waals surface area contributed by atoms with Crippen molar-refractivity contribution in [2.45, 2.75) is 46.2 Å². The van der Waals surface area contributed by atoms with Crippen molar-refractivity contribution in [3.8, 4) is 11.4 Å². The second-order valence-corrected chi connectivity index (χ2v) is 7.44. The summed E-state index contributed by atoms with van der Waals surface area (Å²) in [5, 5.41) is 15.4. The van der Waals surface area contributed by atoms with Crippen LogP contribution >= 0.6 is 0 Å². The summed E-state index contributed by atoms with van der Waals surface area (Å²) in [5.41, 5.74) is 0.772. The minimum absolute atomic E-state index is 0.0152. The second kappa shape index (κ2) is 7.49. The Kier molecular flexibility index (Phi) is 4.89. The fraction of sp³-hybridized carbons (Fsp3) is 0.474. The minimum atomic E-state index is -0.353. The lowest BCUT2D eigenvalue weighted by atomic mass is 9.96. The summed E-state index contributed by atoms with van der Waals surface area (Å²) in [6.07, 6.45) is 4.87. The molecule has 0 unspecified atom stereocenters. The number of carbonyl (C=O) groups is 1. The van der Waals surface area contributed by atoms with Crippen LogP contribution in [0, 0.1) is 18.8 Å². The largest absolute Gasteiger partial charge is 0.344 e. The quantitative estimate of drug-likeness (QED) is 0.720. The lowest BCUT2D eigenvalue weighted by Crippen LogP contribution is -2.40. The summed E-state index contributed by atoms with van der Waals surface area (Å²) in [7, 11) is 0. The molecule has 0 bridgehead atoms. The molecule has 1 N–H and O–H groups in total. The van der Waals surface area contributed by atoms with Gasteiger partial charge in [-0.3, -0.25) is 9.78 Å². The van der Waals surface area contributed by atoms with Gasteiger partial charge in [0.05, 0.1) is 5.92 Å².